The zero-order chi connectivity index (χ0) is 16.6. The maximum Gasteiger partial charge on any atom is 0.353 e. The number of anilines is 2. The maximum atomic E-state index is 4.86. The van der Waals surface area contributed by atoms with E-state index >= 15 is 0 Å². The number of aromatic nitrogens is 2. The second-order valence-corrected chi connectivity index (χ2v) is 6.84. The Morgan fingerprint density at radius 1 is 0.640 bits per heavy atom. The van der Waals surface area contributed by atoms with Crippen molar-refractivity contribution in [3.8, 4) is 0 Å². The molecule has 0 N–H and O–H groups in total. The SMILES string of the molecule is [B]1N2CCN3[B]N(CC3)c3cccc(n3)Cc3cccc(n3)N1CC2. The summed E-state index contributed by atoms with van der Waals surface area (Å²) in [5, 5.41) is 0. The van der Waals surface area contributed by atoms with E-state index in [0.717, 1.165) is 68.7 Å². The van der Waals surface area contributed by atoms with Gasteiger partial charge in [-0.3, -0.25) is 0 Å². The molecule has 2 radical (unpaired) electrons. The van der Waals surface area contributed by atoms with Crippen molar-refractivity contribution in [2.45, 2.75) is 6.42 Å². The average molecular weight is 330 g/mol. The fourth-order valence-corrected chi connectivity index (χ4v) is 3.68. The van der Waals surface area contributed by atoms with E-state index in [4.69, 9.17) is 9.97 Å². The molecule has 2 unspecified atom stereocenters. The van der Waals surface area contributed by atoms with E-state index in [1.165, 1.54) is 0 Å². The van der Waals surface area contributed by atoms with Crippen LogP contribution in [-0.4, -0.2) is 74.0 Å². The smallest absolute Gasteiger partial charge is 0.353 e. The van der Waals surface area contributed by atoms with Crippen molar-refractivity contribution in [1.29, 1.82) is 0 Å². The van der Waals surface area contributed by atoms with Crippen molar-refractivity contribution >= 4 is 26.7 Å². The van der Waals surface area contributed by atoms with Gasteiger partial charge in [0.1, 0.15) is 11.6 Å². The molecule has 8 bridgehead atoms. The molecule has 0 spiro atoms. The lowest BCUT2D eigenvalue weighted by molar-refractivity contribution is 0.398. The highest BCUT2D eigenvalue weighted by molar-refractivity contribution is 6.40. The first-order chi connectivity index (χ1) is 12.3. The molecule has 2 fully saturated rings. The van der Waals surface area contributed by atoms with Crippen LogP contribution >= 0.6 is 0 Å². The molecule has 0 saturated carbocycles. The highest BCUT2D eigenvalue weighted by Crippen LogP contribution is 2.19. The summed E-state index contributed by atoms with van der Waals surface area (Å²) in [7, 11) is 4.44. The standard InChI is InChI=1S/C17H20B2N6/c1-3-14-13-15-4-2-6-17(21-15)25-12-10-23(19-25)8-7-22-9-11-24(18-22)16(5-1)20-14/h1-6H,7-13H2. The minimum Gasteiger partial charge on any atom is -0.388 e. The van der Waals surface area contributed by atoms with E-state index in [-0.39, 0.29) is 0 Å². The van der Waals surface area contributed by atoms with Gasteiger partial charge in [-0.2, -0.15) is 0 Å². The Morgan fingerprint density at radius 2 is 1.12 bits per heavy atom. The highest BCUT2D eigenvalue weighted by atomic mass is 15.3. The first-order valence-electron chi connectivity index (χ1n) is 8.97. The lowest BCUT2D eigenvalue weighted by Gasteiger charge is -2.20. The summed E-state index contributed by atoms with van der Waals surface area (Å²) < 4.78 is 0. The van der Waals surface area contributed by atoms with Crippen molar-refractivity contribution in [3.63, 3.8) is 0 Å². The van der Waals surface area contributed by atoms with Gasteiger partial charge in [-0.1, -0.05) is 12.1 Å². The minimum atomic E-state index is 0.761. The monoisotopic (exact) mass is 330 g/mol. The molecule has 6 nitrogen and oxygen atoms in total. The average Bonchev–Trinajstić information content (AvgIpc) is 3.29. The summed E-state index contributed by atoms with van der Waals surface area (Å²) in [6, 6.07) is 12.6. The van der Waals surface area contributed by atoms with Gasteiger partial charge < -0.3 is 19.2 Å². The van der Waals surface area contributed by atoms with Crippen LogP contribution in [0.1, 0.15) is 11.4 Å². The fraction of sp³-hybridized carbons (Fsp3) is 0.412. The highest BCUT2D eigenvalue weighted by Gasteiger charge is 2.27. The predicted molar refractivity (Wildman–Crippen MR) is 101 cm³/mol. The Kier molecular flexibility index (Phi) is 3.87. The number of hydrogen-bond acceptors (Lipinski definition) is 6. The third-order valence-electron chi connectivity index (χ3n) is 5.07. The van der Waals surface area contributed by atoms with Crippen LogP contribution in [0.5, 0.6) is 0 Å². The molecule has 5 heterocycles. The summed E-state index contributed by atoms with van der Waals surface area (Å²) in [4.78, 5) is 19.0. The summed E-state index contributed by atoms with van der Waals surface area (Å²) in [5.74, 6) is 2.06. The Balaban J connectivity index is 1.50. The maximum absolute atomic E-state index is 4.86. The fourth-order valence-electron chi connectivity index (χ4n) is 3.68. The number of hydrogen-bond donors (Lipinski definition) is 0. The van der Waals surface area contributed by atoms with E-state index in [0.29, 0.717) is 0 Å². The number of rotatable bonds is 0. The van der Waals surface area contributed by atoms with Gasteiger partial charge in [-0.05, 0) is 24.3 Å². The predicted octanol–water partition coefficient (Wildman–Crippen LogP) is 0.393. The van der Waals surface area contributed by atoms with Gasteiger partial charge in [0.2, 0.25) is 0 Å². The van der Waals surface area contributed by atoms with Gasteiger partial charge in [0.05, 0.1) is 0 Å². The number of fused-ring (bicyclic) bond motifs is 10. The zero-order valence-electron chi connectivity index (χ0n) is 14.3. The molecule has 3 aliphatic heterocycles. The van der Waals surface area contributed by atoms with Crippen LogP contribution in [0.4, 0.5) is 11.6 Å². The van der Waals surface area contributed by atoms with Crippen molar-refractivity contribution in [2.75, 3.05) is 48.9 Å². The van der Waals surface area contributed by atoms with Crippen LogP contribution in [0, 0.1) is 0 Å². The molecule has 0 amide bonds. The van der Waals surface area contributed by atoms with Crippen LogP contribution in [0.3, 0.4) is 0 Å². The summed E-state index contributed by atoms with van der Waals surface area (Å²) in [5.41, 5.74) is 2.13. The van der Waals surface area contributed by atoms with E-state index in [1.807, 2.05) is 0 Å². The quantitative estimate of drug-likeness (QED) is 0.651. The third-order valence-corrected chi connectivity index (χ3v) is 5.07. The van der Waals surface area contributed by atoms with Gasteiger partial charge in [0, 0.05) is 57.1 Å². The summed E-state index contributed by atoms with van der Waals surface area (Å²) in [6.45, 7) is 6.19. The van der Waals surface area contributed by atoms with Crippen LogP contribution < -0.4 is 9.62 Å². The van der Waals surface area contributed by atoms with Crippen molar-refractivity contribution in [1.82, 2.24) is 19.6 Å². The Morgan fingerprint density at radius 3 is 1.64 bits per heavy atom. The van der Waals surface area contributed by atoms with Crippen molar-refractivity contribution in [2.24, 2.45) is 0 Å². The zero-order valence-corrected chi connectivity index (χ0v) is 14.3. The molecule has 2 aromatic heterocycles. The Bertz CT molecular complexity index is 709. The molecule has 8 heteroatoms. The van der Waals surface area contributed by atoms with Gasteiger partial charge in [0.25, 0.3) is 0 Å². The third kappa shape index (κ3) is 3.12. The molecular weight excluding hydrogens is 310 g/mol. The second-order valence-electron chi connectivity index (χ2n) is 6.84. The molecule has 3 aliphatic rings. The molecule has 0 aliphatic carbocycles. The van der Waals surface area contributed by atoms with Crippen LogP contribution in [0.2, 0.25) is 0 Å². The van der Waals surface area contributed by atoms with Gasteiger partial charge in [-0.25, -0.2) is 9.97 Å². The van der Waals surface area contributed by atoms with Gasteiger partial charge in [0.15, 0.2) is 0 Å². The number of pyridine rings is 2. The lowest BCUT2D eigenvalue weighted by Crippen LogP contribution is -2.38. The molecule has 25 heavy (non-hydrogen) atoms. The van der Waals surface area contributed by atoms with E-state index in [9.17, 15) is 0 Å². The normalized spacial score (nSPS) is 25.0. The van der Waals surface area contributed by atoms with Gasteiger partial charge >= 0.3 is 15.1 Å². The van der Waals surface area contributed by atoms with Crippen LogP contribution in [0.25, 0.3) is 0 Å². The molecule has 2 saturated heterocycles. The number of nitrogens with zero attached hydrogens (tertiary/aromatic N) is 6. The van der Waals surface area contributed by atoms with E-state index < -0.39 is 0 Å². The topological polar surface area (TPSA) is 38.7 Å². The van der Waals surface area contributed by atoms with E-state index in [2.05, 4.69) is 70.7 Å². The van der Waals surface area contributed by atoms with Gasteiger partial charge in [-0.15, -0.1) is 0 Å². The molecule has 124 valence electrons. The largest absolute Gasteiger partial charge is 0.388 e. The molecule has 2 atom stereocenters. The van der Waals surface area contributed by atoms with Crippen LogP contribution in [0.15, 0.2) is 36.4 Å². The van der Waals surface area contributed by atoms with Crippen molar-refractivity contribution < 1.29 is 0 Å². The first-order valence-corrected chi connectivity index (χ1v) is 8.97. The molecule has 5 rings (SSSR count). The lowest BCUT2D eigenvalue weighted by atomic mass is 10.1. The first kappa shape index (κ1) is 15.2. The molecule has 0 aromatic carbocycles. The summed E-state index contributed by atoms with van der Waals surface area (Å²) >= 11 is 0. The minimum absolute atomic E-state index is 0.761. The summed E-state index contributed by atoms with van der Waals surface area (Å²) in [6.07, 6.45) is 0.761. The molecule has 2 aromatic rings. The van der Waals surface area contributed by atoms with Crippen LogP contribution in [-0.2, 0) is 6.42 Å². The second kappa shape index (κ2) is 6.35. The van der Waals surface area contributed by atoms with Crippen molar-refractivity contribution in [3.05, 3.63) is 47.8 Å². The Labute approximate surface area is 150 Å². The molecular formula is C17H20B2N6. The Hall–Kier alpha value is -2.05. The van der Waals surface area contributed by atoms with E-state index in [1.54, 1.807) is 0 Å².